The monoisotopic (exact) mass is 336 g/mol. The molecule has 0 aliphatic rings. The number of nitrogens with one attached hydrogen (secondary N) is 1. The van der Waals surface area contributed by atoms with Gasteiger partial charge in [-0.3, -0.25) is 4.79 Å². The van der Waals surface area contributed by atoms with Gasteiger partial charge in [0.2, 0.25) is 5.78 Å². The van der Waals surface area contributed by atoms with Crippen molar-refractivity contribution in [2.24, 2.45) is 0 Å². The molecule has 0 saturated heterocycles. The van der Waals surface area contributed by atoms with Crippen molar-refractivity contribution in [2.45, 2.75) is 13.8 Å². The van der Waals surface area contributed by atoms with Crippen LogP contribution in [-0.4, -0.2) is 29.9 Å². The molecule has 2 rings (SSSR count). The molecule has 0 unspecified atom stereocenters. The van der Waals surface area contributed by atoms with Crippen LogP contribution in [0.5, 0.6) is 0 Å². The summed E-state index contributed by atoms with van der Waals surface area (Å²) >= 11 is 2.85. The Kier molecular flexibility index (Phi) is 5.46. The second-order valence-electron chi connectivity index (χ2n) is 4.53. The molecular formula is C15H16N2O3S2. The van der Waals surface area contributed by atoms with Crippen LogP contribution < -0.4 is 5.32 Å². The van der Waals surface area contributed by atoms with Gasteiger partial charge in [0.25, 0.3) is 0 Å². The van der Waals surface area contributed by atoms with Gasteiger partial charge >= 0.3 is 5.97 Å². The van der Waals surface area contributed by atoms with E-state index in [0.717, 1.165) is 9.75 Å². The number of esters is 1. The van der Waals surface area contributed by atoms with Crippen molar-refractivity contribution < 1.29 is 14.3 Å². The molecule has 1 N–H and O–H groups in total. The lowest BCUT2D eigenvalue weighted by atomic mass is 10.2. The van der Waals surface area contributed by atoms with E-state index in [-0.39, 0.29) is 18.1 Å². The maximum Gasteiger partial charge on any atom is 0.358 e. The maximum atomic E-state index is 12.0. The summed E-state index contributed by atoms with van der Waals surface area (Å²) in [5.74, 6) is -0.795. The summed E-state index contributed by atoms with van der Waals surface area (Å²) in [6.45, 7) is 7.70. The number of aromatic nitrogens is 1. The molecule has 0 bridgehead atoms. The molecule has 116 valence electrons. The molecule has 2 aromatic heterocycles. The van der Waals surface area contributed by atoms with Crippen molar-refractivity contribution >= 4 is 39.6 Å². The Hall–Kier alpha value is -1.99. The lowest BCUT2D eigenvalue weighted by Crippen LogP contribution is -2.14. The Morgan fingerprint density at radius 3 is 2.86 bits per heavy atom. The molecule has 2 aromatic rings. The van der Waals surface area contributed by atoms with E-state index in [4.69, 9.17) is 4.74 Å². The SMILES string of the molecule is C=CCNc1nc(C(=O)OCC(=O)c2cc(C)sc2C)cs1. The normalized spacial score (nSPS) is 10.3. The smallest absolute Gasteiger partial charge is 0.358 e. The van der Waals surface area contributed by atoms with Crippen LogP contribution in [0.4, 0.5) is 5.13 Å². The van der Waals surface area contributed by atoms with Gasteiger partial charge in [0.05, 0.1) is 0 Å². The van der Waals surface area contributed by atoms with Crippen LogP contribution in [-0.2, 0) is 4.74 Å². The third-order valence-electron chi connectivity index (χ3n) is 2.79. The summed E-state index contributed by atoms with van der Waals surface area (Å²) in [5, 5.41) is 5.20. The topological polar surface area (TPSA) is 68.3 Å². The first kappa shape index (κ1) is 16.4. The van der Waals surface area contributed by atoms with Crippen molar-refractivity contribution in [3.63, 3.8) is 0 Å². The van der Waals surface area contributed by atoms with E-state index in [1.165, 1.54) is 11.3 Å². The van der Waals surface area contributed by atoms with Crippen LogP contribution in [0.25, 0.3) is 0 Å². The molecule has 0 aliphatic heterocycles. The Balaban J connectivity index is 1.92. The Morgan fingerprint density at radius 2 is 2.23 bits per heavy atom. The third-order valence-corrected chi connectivity index (χ3v) is 4.55. The summed E-state index contributed by atoms with van der Waals surface area (Å²) < 4.78 is 5.04. The van der Waals surface area contributed by atoms with E-state index >= 15 is 0 Å². The number of nitrogens with zero attached hydrogens (tertiary/aromatic N) is 1. The number of ketones is 1. The second kappa shape index (κ2) is 7.33. The molecule has 0 saturated carbocycles. The lowest BCUT2D eigenvalue weighted by Gasteiger charge is -2.02. The van der Waals surface area contributed by atoms with Gasteiger partial charge in [0.1, 0.15) is 0 Å². The highest BCUT2D eigenvalue weighted by atomic mass is 32.1. The summed E-state index contributed by atoms with van der Waals surface area (Å²) in [6.07, 6.45) is 1.70. The van der Waals surface area contributed by atoms with E-state index in [0.29, 0.717) is 17.2 Å². The van der Waals surface area contributed by atoms with Gasteiger partial charge in [-0.1, -0.05) is 6.08 Å². The van der Waals surface area contributed by atoms with Gasteiger partial charge in [0.15, 0.2) is 17.4 Å². The average molecular weight is 336 g/mol. The lowest BCUT2D eigenvalue weighted by molar-refractivity contribution is 0.0470. The molecule has 0 aromatic carbocycles. The van der Waals surface area contributed by atoms with Crippen LogP contribution >= 0.6 is 22.7 Å². The summed E-state index contributed by atoms with van der Waals surface area (Å²) in [7, 11) is 0. The summed E-state index contributed by atoms with van der Waals surface area (Å²) in [4.78, 5) is 30.0. The van der Waals surface area contributed by atoms with Crippen molar-refractivity contribution in [3.8, 4) is 0 Å². The zero-order chi connectivity index (χ0) is 16.1. The highest BCUT2D eigenvalue weighted by Crippen LogP contribution is 2.21. The van der Waals surface area contributed by atoms with Gasteiger partial charge in [-0.25, -0.2) is 9.78 Å². The number of hydrogen-bond donors (Lipinski definition) is 1. The molecular weight excluding hydrogens is 320 g/mol. The highest BCUT2D eigenvalue weighted by molar-refractivity contribution is 7.13. The number of aryl methyl sites for hydroxylation is 2. The molecule has 0 fully saturated rings. The number of thiophene rings is 1. The van der Waals surface area contributed by atoms with E-state index in [1.54, 1.807) is 22.8 Å². The van der Waals surface area contributed by atoms with Gasteiger partial charge in [0, 0.05) is 27.2 Å². The van der Waals surface area contributed by atoms with Crippen molar-refractivity contribution in [2.75, 3.05) is 18.5 Å². The summed E-state index contributed by atoms with van der Waals surface area (Å²) in [6, 6.07) is 1.82. The first-order valence-electron chi connectivity index (χ1n) is 6.59. The fourth-order valence-corrected chi connectivity index (χ4v) is 3.43. The molecule has 7 heteroatoms. The largest absolute Gasteiger partial charge is 0.453 e. The molecule has 0 aliphatic carbocycles. The van der Waals surface area contributed by atoms with Crippen LogP contribution in [0, 0.1) is 13.8 Å². The van der Waals surface area contributed by atoms with Crippen molar-refractivity contribution in [1.82, 2.24) is 4.98 Å². The van der Waals surface area contributed by atoms with Gasteiger partial charge in [-0.05, 0) is 19.9 Å². The van der Waals surface area contributed by atoms with Crippen LogP contribution in [0.15, 0.2) is 24.1 Å². The molecule has 22 heavy (non-hydrogen) atoms. The first-order valence-corrected chi connectivity index (χ1v) is 8.28. The fraction of sp³-hybridized carbons (Fsp3) is 0.267. The Bertz CT molecular complexity index is 703. The number of Topliss-reactive ketones (excluding diaryl/α,β-unsaturated/α-hetero) is 1. The number of carbonyl (C=O) groups excluding carboxylic acids is 2. The number of anilines is 1. The quantitative estimate of drug-likeness (QED) is 0.476. The minimum absolute atomic E-state index is 0.197. The number of carbonyl (C=O) groups is 2. The molecule has 2 heterocycles. The van der Waals surface area contributed by atoms with Gasteiger partial charge in [-0.15, -0.1) is 29.3 Å². The van der Waals surface area contributed by atoms with Gasteiger partial charge < -0.3 is 10.1 Å². The fourth-order valence-electron chi connectivity index (χ4n) is 1.80. The molecule has 0 atom stereocenters. The maximum absolute atomic E-state index is 12.0. The van der Waals surface area contributed by atoms with Crippen molar-refractivity contribution in [1.29, 1.82) is 0 Å². The van der Waals surface area contributed by atoms with Crippen LogP contribution in [0.2, 0.25) is 0 Å². The van der Waals surface area contributed by atoms with E-state index < -0.39 is 5.97 Å². The number of thiazole rings is 1. The second-order valence-corrected chi connectivity index (χ2v) is 6.85. The van der Waals surface area contributed by atoms with Crippen LogP contribution in [0.1, 0.15) is 30.6 Å². The molecule has 0 spiro atoms. The molecule has 5 nitrogen and oxygen atoms in total. The Labute approximate surface area is 136 Å². The zero-order valence-electron chi connectivity index (χ0n) is 12.3. The third kappa shape index (κ3) is 4.02. The number of ether oxygens (including phenoxy) is 1. The Morgan fingerprint density at radius 1 is 1.45 bits per heavy atom. The molecule has 0 amide bonds. The van der Waals surface area contributed by atoms with E-state index in [1.807, 2.05) is 19.9 Å². The predicted octanol–water partition coefficient (Wildman–Crippen LogP) is 3.46. The first-order chi connectivity index (χ1) is 10.5. The number of rotatable bonds is 7. The zero-order valence-corrected chi connectivity index (χ0v) is 14.0. The highest BCUT2D eigenvalue weighted by Gasteiger charge is 2.17. The predicted molar refractivity (Wildman–Crippen MR) is 89.2 cm³/mol. The van der Waals surface area contributed by atoms with Crippen LogP contribution in [0.3, 0.4) is 0 Å². The van der Waals surface area contributed by atoms with E-state index in [9.17, 15) is 9.59 Å². The minimum atomic E-state index is -0.596. The summed E-state index contributed by atoms with van der Waals surface area (Å²) in [5.41, 5.74) is 0.810. The molecule has 0 radical (unpaired) electrons. The van der Waals surface area contributed by atoms with Gasteiger partial charge in [-0.2, -0.15) is 0 Å². The average Bonchev–Trinajstić information content (AvgIpc) is 3.08. The standard InChI is InChI=1S/C15H16N2O3S2/c1-4-5-16-15-17-12(8-21-15)14(19)20-7-13(18)11-6-9(2)22-10(11)3/h4,6,8H,1,5,7H2,2-3H3,(H,16,17). The van der Waals surface area contributed by atoms with Crippen molar-refractivity contribution in [3.05, 3.63) is 45.1 Å². The van der Waals surface area contributed by atoms with E-state index in [2.05, 4.69) is 16.9 Å². The number of hydrogen-bond acceptors (Lipinski definition) is 7. The minimum Gasteiger partial charge on any atom is -0.453 e.